The molecule has 2 aliphatic rings. The summed E-state index contributed by atoms with van der Waals surface area (Å²) in [6.07, 6.45) is 5.31. The molecule has 1 atom stereocenters. The Hall–Kier alpha value is -1.16. The molecule has 1 saturated carbocycles. The number of nitrogens with one attached hydrogen (secondary N) is 1. The van der Waals surface area contributed by atoms with Gasteiger partial charge in [-0.15, -0.1) is 0 Å². The van der Waals surface area contributed by atoms with E-state index >= 15 is 0 Å². The van der Waals surface area contributed by atoms with Crippen LogP contribution in [-0.2, 0) is 9.47 Å². The van der Waals surface area contributed by atoms with E-state index in [0.29, 0.717) is 34.7 Å². The average Bonchev–Trinajstić information content (AvgIpc) is 3.12. The zero-order valence-electron chi connectivity index (χ0n) is 14.6. The van der Waals surface area contributed by atoms with Crippen LogP contribution < -0.4 is 10.1 Å². The van der Waals surface area contributed by atoms with Crippen molar-refractivity contribution < 1.29 is 19.0 Å². The van der Waals surface area contributed by atoms with Crippen LogP contribution >= 0.6 is 22.6 Å². The molecule has 1 aromatic rings. The molecule has 138 valence electrons. The third kappa shape index (κ3) is 4.72. The molecule has 8 heteroatoms. The van der Waals surface area contributed by atoms with Gasteiger partial charge in [-0.25, -0.2) is 9.78 Å². The maximum absolute atomic E-state index is 12.1. The molecular weight excluding hydrogens is 437 g/mol. The van der Waals surface area contributed by atoms with Crippen molar-refractivity contribution in [3.8, 4) is 5.88 Å². The number of anilines is 1. The highest BCUT2D eigenvalue weighted by atomic mass is 127. The molecule has 1 aromatic heterocycles. The van der Waals surface area contributed by atoms with Gasteiger partial charge in [0.1, 0.15) is 9.67 Å². The summed E-state index contributed by atoms with van der Waals surface area (Å²) in [7, 11) is 1.35. The summed E-state index contributed by atoms with van der Waals surface area (Å²) in [6.45, 7) is 3.50. The van der Waals surface area contributed by atoms with Gasteiger partial charge < -0.3 is 19.5 Å². The van der Waals surface area contributed by atoms with Crippen LogP contribution in [0.15, 0.2) is 0 Å². The van der Waals surface area contributed by atoms with E-state index in [9.17, 15) is 4.79 Å². The second-order valence-electron chi connectivity index (χ2n) is 6.71. The molecule has 0 amide bonds. The van der Waals surface area contributed by atoms with Crippen molar-refractivity contribution in [1.29, 1.82) is 0 Å². The number of hydrogen-bond acceptors (Lipinski definition) is 7. The molecule has 1 N–H and O–H groups in total. The quantitative estimate of drug-likeness (QED) is 0.533. The SMILES string of the molecule is COC(=O)c1nc(NC2CCC(C)CC2)nc(O[C@@H]2CCOC2)c1I. The van der Waals surface area contributed by atoms with Crippen molar-refractivity contribution in [2.45, 2.75) is 51.2 Å². The summed E-state index contributed by atoms with van der Waals surface area (Å²) in [6, 6.07) is 0.324. The van der Waals surface area contributed by atoms with Crippen LogP contribution in [0.2, 0.25) is 0 Å². The fourth-order valence-electron chi connectivity index (χ4n) is 3.15. The fraction of sp³-hybridized carbons (Fsp3) is 0.706. The van der Waals surface area contributed by atoms with Gasteiger partial charge in [0.2, 0.25) is 11.8 Å². The highest BCUT2D eigenvalue weighted by molar-refractivity contribution is 14.1. The lowest BCUT2D eigenvalue weighted by atomic mass is 9.87. The van der Waals surface area contributed by atoms with Crippen LogP contribution in [0.1, 0.15) is 49.5 Å². The topological polar surface area (TPSA) is 82.6 Å². The lowest BCUT2D eigenvalue weighted by Crippen LogP contribution is -2.27. The number of carbonyl (C=O) groups is 1. The number of nitrogens with zero attached hydrogens (tertiary/aromatic N) is 2. The smallest absolute Gasteiger partial charge is 0.358 e. The Labute approximate surface area is 161 Å². The van der Waals surface area contributed by atoms with Gasteiger partial charge in [0.15, 0.2) is 5.69 Å². The maximum atomic E-state index is 12.1. The van der Waals surface area contributed by atoms with Gasteiger partial charge >= 0.3 is 5.97 Å². The molecule has 1 aliphatic heterocycles. The molecule has 0 aromatic carbocycles. The van der Waals surface area contributed by atoms with Crippen LogP contribution in [-0.4, -0.2) is 48.4 Å². The molecule has 3 rings (SSSR count). The molecule has 1 aliphatic carbocycles. The minimum Gasteiger partial charge on any atom is -0.471 e. The molecule has 2 heterocycles. The molecule has 0 radical (unpaired) electrons. The summed E-state index contributed by atoms with van der Waals surface area (Å²) in [4.78, 5) is 21.0. The number of ether oxygens (including phenoxy) is 3. The van der Waals surface area contributed by atoms with Crippen molar-refractivity contribution in [3.63, 3.8) is 0 Å². The summed E-state index contributed by atoms with van der Waals surface area (Å²) < 4.78 is 16.7. The van der Waals surface area contributed by atoms with E-state index in [1.165, 1.54) is 20.0 Å². The van der Waals surface area contributed by atoms with E-state index in [0.717, 1.165) is 25.2 Å². The lowest BCUT2D eigenvalue weighted by molar-refractivity contribution is 0.0591. The first-order valence-corrected chi connectivity index (χ1v) is 9.81. The molecular formula is C17H24IN3O4. The minimum absolute atomic E-state index is 0.0442. The number of carbonyl (C=O) groups excluding carboxylic acids is 1. The van der Waals surface area contributed by atoms with E-state index in [2.05, 4.69) is 22.2 Å². The minimum atomic E-state index is -0.486. The molecule has 7 nitrogen and oxygen atoms in total. The number of methoxy groups -OCH3 is 1. The largest absolute Gasteiger partial charge is 0.471 e. The monoisotopic (exact) mass is 461 g/mol. The second kappa shape index (κ2) is 8.48. The Bertz CT molecular complexity index is 614. The van der Waals surface area contributed by atoms with Gasteiger partial charge in [-0.3, -0.25) is 0 Å². The number of esters is 1. The number of hydrogen-bond donors (Lipinski definition) is 1. The van der Waals surface area contributed by atoms with E-state index < -0.39 is 5.97 Å². The van der Waals surface area contributed by atoms with Crippen molar-refractivity contribution >= 4 is 34.5 Å². The molecule has 0 spiro atoms. The van der Waals surface area contributed by atoms with Gasteiger partial charge in [-0.1, -0.05) is 6.92 Å². The van der Waals surface area contributed by atoms with Crippen molar-refractivity contribution in [2.75, 3.05) is 25.6 Å². The molecule has 0 bridgehead atoms. The van der Waals surface area contributed by atoms with Crippen molar-refractivity contribution in [2.24, 2.45) is 5.92 Å². The van der Waals surface area contributed by atoms with Crippen molar-refractivity contribution in [3.05, 3.63) is 9.26 Å². The standard InChI is InChI=1S/C17H24IN3O4/c1-10-3-5-11(6-4-10)19-17-20-14(16(22)23-2)13(18)15(21-17)25-12-7-8-24-9-12/h10-12H,3-9H2,1-2H3,(H,19,20,21)/t10?,11?,12-/m1/s1. The zero-order valence-corrected chi connectivity index (χ0v) is 16.7. The van der Waals surface area contributed by atoms with Gasteiger partial charge in [-0.05, 0) is 54.2 Å². The van der Waals surface area contributed by atoms with Crippen LogP contribution in [0.25, 0.3) is 0 Å². The average molecular weight is 461 g/mol. The predicted octanol–water partition coefficient (Wildman–Crippen LogP) is 3.03. The Morgan fingerprint density at radius 2 is 2.00 bits per heavy atom. The number of aromatic nitrogens is 2. The summed E-state index contributed by atoms with van der Waals surface area (Å²) >= 11 is 2.04. The first kappa shape index (κ1) is 18.6. The summed E-state index contributed by atoms with van der Waals surface area (Å²) in [5.41, 5.74) is 0.235. The van der Waals surface area contributed by atoms with Crippen LogP contribution in [0.3, 0.4) is 0 Å². The van der Waals surface area contributed by atoms with E-state index in [1.54, 1.807) is 0 Å². The number of rotatable bonds is 5. The van der Waals surface area contributed by atoms with E-state index in [1.807, 2.05) is 22.6 Å². The summed E-state index contributed by atoms with van der Waals surface area (Å²) in [5, 5.41) is 3.37. The lowest BCUT2D eigenvalue weighted by Gasteiger charge is -2.27. The molecule has 1 saturated heterocycles. The van der Waals surface area contributed by atoms with Gasteiger partial charge in [0.05, 0.1) is 20.3 Å². The third-order valence-electron chi connectivity index (χ3n) is 4.71. The number of halogens is 1. The second-order valence-corrected chi connectivity index (χ2v) is 7.79. The van der Waals surface area contributed by atoms with Gasteiger partial charge in [0.25, 0.3) is 0 Å². The third-order valence-corrected chi connectivity index (χ3v) is 5.69. The Kier molecular flexibility index (Phi) is 6.32. The molecule has 0 unspecified atom stereocenters. The highest BCUT2D eigenvalue weighted by Crippen LogP contribution is 2.29. The van der Waals surface area contributed by atoms with Crippen LogP contribution in [0.5, 0.6) is 5.88 Å². The Morgan fingerprint density at radius 3 is 2.64 bits per heavy atom. The fourth-order valence-corrected chi connectivity index (χ4v) is 3.74. The molecule has 2 fully saturated rings. The van der Waals surface area contributed by atoms with Gasteiger partial charge in [-0.2, -0.15) is 4.98 Å². The van der Waals surface area contributed by atoms with E-state index in [4.69, 9.17) is 14.2 Å². The van der Waals surface area contributed by atoms with Crippen LogP contribution in [0.4, 0.5) is 5.95 Å². The Balaban J connectivity index is 1.81. The Morgan fingerprint density at radius 1 is 1.24 bits per heavy atom. The summed E-state index contributed by atoms with van der Waals surface area (Å²) in [5.74, 6) is 1.12. The van der Waals surface area contributed by atoms with Crippen molar-refractivity contribution in [1.82, 2.24) is 9.97 Å². The van der Waals surface area contributed by atoms with Crippen LogP contribution in [0, 0.1) is 9.49 Å². The maximum Gasteiger partial charge on any atom is 0.358 e. The first-order valence-electron chi connectivity index (χ1n) is 8.73. The normalized spacial score (nSPS) is 26.3. The predicted molar refractivity (Wildman–Crippen MR) is 101 cm³/mol. The van der Waals surface area contributed by atoms with E-state index in [-0.39, 0.29) is 11.8 Å². The first-order chi connectivity index (χ1) is 12.1. The zero-order chi connectivity index (χ0) is 17.8. The van der Waals surface area contributed by atoms with Gasteiger partial charge in [0, 0.05) is 12.5 Å². The highest BCUT2D eigenvalue weighted by Gasteiger charge is 2.26. The molecule has 25 heavy (non-hydrogen) atoms.